The van der Waals surface area contributed by atoms with Crippen LogP contribution in [-0.2, 0) is 12.8 Å². The van der Waals surface area contributed by atoms with Crippen LogP contribution >= 0.6 is 11.3 Å². The van der Waals surface area contributed by atoms with Crippen LogP contribution in [0.3, 0.4) is 0 Å². The van der Waals surface area contributed by atoms with Crippen molar-refractivity contribution in [3.8, 4) is 11.5 Å². The molecule has 1 heterocycles. The van der Waals surface area contributed by atoms with E-state index in [0.29, 0.717) is 29.3 Å². The monoisotopic (exact) mass is 338 g/mol. The maximum atomic E-state index is 9.69. The van der Waals surface area contributed by atoms with E-state index in [1.807, 2.05) is 18.2 Å². The summed E-state index contributed by atoms with van der Waals surface area (Å²) in [6.07, 6.45) is 2.16. The molecule has 0 fully saturated rings. The first-order valence-corrected chi connectivity index (χ1v) is 9.36. The summed E-state index contributed by atoms with van der Waals surface area (Å²) in [5.74, 6) is 2.39. The van der Waals surface area contributed by atoms with Gasteiger partial charge in [-0.05, 0) is 83.5 Å². The fourth-order valence-electron chi connectivity index (χ4n) is 3.94. The van der Waals surface area contributed by atoms with E-state index in [1.165, 1.54) is 21.4 Å². The topological polar surface area (TPSA) is 40.5 Å². The standard InChI is InChI=1S/C21H22O2S/c1-12(16-7-14-3-5-18(22)9-17(14)8-16)13(2)20-10-15-4-6-19(23)11-21(15)24-20/h3-6,9-13,16,22-23H,7-8H2,1-2H3. The highest BCUT2D eigenvalue weighted by atomic mass is 32.1. The molecule has 0 saturated carbocycles. The van der Waals surface area contributed by atoms with Crippen LogP contribution in [-0.4, -0.2) is 10.2 Å². The summed E-state index contributed by atoms with van der Waals surface area (Å²) in [5, 5.41) is 20.6. The lowest BCUT2D eigenvalue weighted by atomic mass is 9.81. The molecule has 24 heavy (non-hydrogen) atoms. The fraction of sp³-hybridized carbons (Fsp3) is 0.333. The number of rotatable bonds is 3. The van der Waals surface area contributed by atoms with Gasteiger partial charge in [-0.15, -0.1) is 11.3 Å². The maximum absolute atomic E-state index is 9.69. The Morgan fingerprint density at radius 2 is 1.62 bits per heavy atom. The summed E-state index contributed by atoms with van der Waals surface area (Å²) in [6, 6.07) is 13.7. The van der Waals surface area contributed by atoms with Gasteiger partial charge in [0.25, 0.3) is 0 Å². The van der Waals surface area contributed by atoms with Gasteiger partial charge in [-0.25, -0.2) is 0 Å². The number of thiophene rings is 1. The largest absolute Gasteiger partial charge is 0.508 e. The van der Waals surface area contributed by atoms with Crippen LogP contribution in [0.25, 0.3) is 10.1 Å². The van der Waals surface area contributed by atoms with E-state index >= 15 is 0 Å². The highest BCUT2D eigenvalue weighted by Crippen LogP contribution is 2.42. The first-order valence-electron chi connectivity index (χ1n) is 8.54. The zero-order valence-electron chi connectivity index (χ0n) is 14.0. The molecule has 1 aromatic heterocycles. The molecule has 2 N–H and O–H groups in total. The average Bonchev–Trinajstić information content (AvgIpc) is 3.16. The molecular weight excluding hydrogens is 316 g/mol. The minimum atomic E-state index is 0.336. The highest BCUT2D eigenvalue weighted by Gasteiger charge is 2.30. The third kappa shape index (κ3) is 2.67. The van der Waals surface area contributed by atoms with Crippen molar-refractivity contribution in [2.45, 2.75) is 32.6 Å². The fourth-order valence-corrected chi connectivity index (χ4v) is 5.21. The van der Waals surface area contributed by atoms with Crippen molar-refractivity contribution < 1.29 is 10.2 Å². The normalized spacial score (nSPS) is 19.3. The van der Waals surface area contributed by atoms with Gasteiger partial charge in [0.1, 0.15) is 11.5 Å². The molecule has 1 aliphatic carbocycles. The molecule has 124 valence electrons. The molecule has 3 unspecified atom stereocenters. The molecule has 0 bridgehead atoms. The van der Waals surface area contributed by atoms with Crippen molar-refractivity contribution in [1.29, 1.82) is 0 Å². The Labute approximate surface area is 146 Å². The summed E-state index contributed by atoms with van der Waals surface area (Å²) in [4.78, 5) is 1.39. The summed E-state index contributed by atoms with van der Waals surface area (Å²) in [5.41, 5.74) is 2.69. The van der Waals surface area contributed by atoms with Crippen LogP contribution in [0.4, 0.5) is 0 Å². The number of phenolic OH excluding ortho intramolecular Hbond substituents is 2. The van der Waals surface area contributed by atoms with E-state index in [-0.39, 0.29) is 0 Å². The van der Waals surface area contributed by atoms with Crippen molar-refractivity contribution in [2.24, 2.45) is 11.8 Å². The predicted octanol–water partition coefficient (Wildman–Crippen LogP) is 5.47. The number of phenols is 2. The van der Waals surface area contributed by atoms with E-state index < -0.39 is 0 Å². The van der Waals surface area contributed by atoms with Gasteiger partial charge in [-0.1, -0.05) is 19.9 Å². The van der Waals surface area contributed by atoms with Crippen LogP contribution in [0.2, 0.25) is 0 Å². The molecular formula is C21H22O2S. The number of hydrogen-bond acceptors (Lipinski definition) is 3. The molecule has 0 amide bonds. The second-order valence-electron chi connectivity index (χ2n) is 7.14. The van der Waals surface area contributed by atoms with Crippen molar-refractivity contribution in [3.05, 3.63) is 58.5 Å². The molecule has 2 nitrogen and oxygen atoms in total. The Balaban J connectivity index is 1.56. The Bertz CT molecular complexity index is 896. The van der Waals surface area contributed by atoms with E-state index in [2.05, 4.69) is 26.0 Å². The van der Waals surface area contributed by atoms with Gasteiger partial charge in [0.15, 0.2) is 0 Å². The Kier molecular flexibility index (Phi) is 3.76. The number of aromatic hydroxyl groups is 2. The molecule has 0 saturated heterocycles. The van der Waals surface area contributed by atoms with Gasteiger partial charge in [0.2, 0.25) is 0 Å². The van der Waals surface area contributed by atoms with Gasteiger partial charge < -0.3 is 10.2 Å². The zero-order chi connectivity index (χ0) is 16.8. The first-order chi connectivity index (χ1) is 11.5. The van der Waals surface area contributed by atoms with Gasteiger partial charge in [-0.3, -0.25) is 0 Å². The number of fused-ring (bicyclic) bond motifs is 2. The van der Waals surface area contributed by atoms with E-state index in [9.17, 15) is 10.2 Å². The van der Waals surface area contributed by atoms with Crippen LogP contribution in [0, 0.1) is 11.8 Å². The van der Waals surface area contributed by atoms with E-state index in [0.717, 1.165) is 17.5 Å². The van der Waals surface area contributed by atoms with E-state index in [1.54, 1.807) is 23.5 Å². The molecule has 3 aromatic rings. The first kappa shape index (κ1) is 15.5. The molecule has 1 aliphatic rings. The van der Waals surface area contributed by atoms with Gasteiger partial charge in [0.05, 0.1) is 0 Å². The molecule has 3 atom stereocenters. The smallest absolute Gasteiger partial charge is 0.117 e. The molecule has 0 radical (unpaired) electrons. The van der Waals surface area contributed by atoms with Gasteiger partial charge >= 0.3 is 0 Å². The van der Waals surface area contributed by atoms with Gasteiger partial charge in [0, 0.05) is 9.58 Å². The second kappa shape index (κ2) is 5.82. The number of benzene rings is 2. The minimum Gasteiger partial charge on any atom is -0.508 e. The lowest BCUT2D eigenvalue weighted by Crippen LogP contribution is -2.17. The summed E-state index contributed by atoms with van der Waals surface area (Å²) < 4.78 is 1.16. The summed E-state index contributed by atoms with van der Waals surface area (Å²) in [7, 11) is 0. The second-order valence-corrected chi connectivity index (χ2v) is 8.26. The van der Waals surface area contributed by atoms with E-state index in [4.69, 9.17) is 0 Å². The Hall–Kier alpha value is -2.00. The van der Waals surface area contributed by atoms with Crippen LogP contribution in [0.15, 0.2) is 42.5 Å². The minimum absolute atomic E-state index is 0.336. The maximum Gasteiger partial charge on any atom is 0.117 e. The third-order valence-corrected chi connectivity index (χ3v) is 6.96. The van der Waals surface area contributed by atoms with Crippen LogP contribution in [0.1, 0.15) is 35.8 Å². The zero-order valence-corrected chi connectivity index (χ0v) is 14.8. The Morgan fingerprint density at radius 1 is 0.917 bits per heavy atom. The molecule has 0 aliphatic heterocycles. The van der Waals surface area contributed by atoms with Gasteiger partial charge in [-0.2, -0.15) is 0 Å². The Morgan fingerprint density at radius 3 is 2.46 bits per heavy atom. The molecule has 4 rings (SSSR count). The van der Waals surface area contributed by atoms with Crippen molar-refractivity contribution in [3.63, 3.8) is 0 Å². The molecule has 3 heteroatoms. The van der Waals surface area contributed by atoms with Crippen LogP contribution < -0.4 is 0 Å². The summed E-state index contributed by atoms with van der Waals surface area (Å²) >= 11 is 1.79. The lowest BCUT2D eigenvalue weighted by molar-refractivity contribution is 0.329. The van der Waals surface area contributed by atoms with Crippen molar-refractivity contribution in [2.75, 3.05) is 0 Å². The van der Waals surface area contributed by atoms with Crippen molar-refractivity contribution in [1.82, 2.24) is 0 Å². The molecule has 0 spiro atoms. The van der Waals surface area contributed by atoms with Crippen LogP contribution in [0.5, 0.6) is 11.5 Å². The molecule has 2 aromatic carbocycles. The quantitative estimate of drug-likeness (QED) is 0.665. The predicted molar refractivity (Wildman–Crippen MR) is 100 cm³/mol. The van der Waals surface area contributed by atoms with Crippen molar-refractivity contribution >= 4 is 21.4 Å². The lowest BCUT2D eigenvalue weighted by Gasteiger charge is -2.25. The SMILES string of the molecule is CC(c1cc2ccc(O)cc2s1)C(C)C1Cc2ccc(O)cc2C1. The number of hydrogen-bond donors (Lipinski definition) is 2. The average molecular weight is 338 g/mol. The summed E-state index contributed by atoms with van der Waals surface area (Å²) in [6.45, 7) is 4.67. The highest BCUT2D eigenvalue weighted by molar-refractivity contribution is 7.19. The third-order valence-electron chi connectivity index (χ3n) is 5.66.